The van der Waals surface area contributed by atoms with E-state index in [0.717, 1.165) is 19.3 Å². The summed E-state index contributed by atoms with van der Waals surface area (Å²) < 4.78 is 0. The summed E-state index contributed by atoms with van der Waals surface area (Å²) >= 11 is 0. The van der Waals surface area contributed by atoms with Gasteiger partial charge in [-0.15, -0.1) is 0 Å². The highest BCUT2D eigenvalue weighted by Crippen LogP contribution is 2.19. The predicted octanol–water partition coefficient (Wildman–Crippen LogP) is 4.46. The SMILES string of the molecule is CC.CC.CC(CCC1C=CN=CCCC1)Nc1ncnc(NC=O)n1. The van der Waals surface area contributed by atoms with Crippen molar-refractivity contribution in [2.24, 2.45) is 10.9 Å². The minimum Gasteiger partial charge on any atom is -0.352 e. The van der Waals surface area contributed by atoms with E-state index in [2.05, 4.69) is 43.6 Å². The van der Waals surface area contributed by atoms with Gasteiger partial charge in [-0.2, -0.15) is 4.98 Å². The summed E-state index contributed by atoms with van der Waals surface area (Å²) in [6.45, 7) is 10.1. The summed E-state index contributed by atoms with van der Waals surface area (Å²) in [5.41, 5.74) is 0. The summed E-state index contributed by atoms with van der Waals surface area (Å²) in [6, 6.07) is 0.244. The van der Waals surface area contributed by atoms with Crippen LogP contribution in [0, 0.1) is 5.92 Å². The molecule has 2 rings (SSSR count). The van der Waals surface area contributed by atoms with Crippen LogP contribution in [-0.4, -0.2) is 33.6 Å². The third-order valence-corrected chi connectivity index (χ3v) is 3.56. The van der Waals surface area contributed by atoms with Crippen LogP contribution >= 0.6 is 0 Å². The molecule has 2 atom stereocenters. The highest BCUT2D eigenvalue weighted by atomic mass is 16.1. The highest BCUT2D eigenvalue weighted by molar-refractivity contribution is 5.66. The van der Waals surface area contributed by atoms with Crippen LogP contribution in [0.2, 0.25) is 0 Å². The van der Waals surface area contributed by atoms with Gasteiger partial charge in [0.2, 0.25) is 18.3 Å². The molecule has 1 aliphatic heterocycles. The molecule has 2 unspecified atom stereocenters. The van der Waals surface area contributed by atoms with Gasteiger partial charge in [0.25, 0.3) is 0 Å². The molecule has 0 saturated carbocycles. The lowest BCUT2D eigenvalue weighted by atomic mass is 9.94. The molecule has 2 N–H and O–H groups in total. The molecule has 7 nitrogen and oxygen atoms in total. The Bertz CT molecular complexity index is 533. The van der Waals surface area contributed by atoms with E-state index in [0.29, 0.717) is 18.3 Å². The highest BCUT2D eigenvalue weighted by Gasteiger charge is 2.10. The number of hydrogen-bond donors (Lipinski definition) is 2. The third-order valence-electron chi connectivity index (χ3n) is 3.56. The van der Waals surface area contributed by atoms with Crippen molar-refractivity contribution in [2.45, 2.75) is 72.8 Å². The van der Waals surface area contributed by atoms with E-state index < -0.39 is 0 Å². The molecular formula is C19H34N6O. The van der Waals surface area contributed by atoms with Crippen molar-refractivity contribution in [2.75, 3.05) is 10.6 Å². The average molecular weight is 363 g/mol. The summed E-state index contributed by atoms with van der Waals surface area (Å²) in [5, 5.41) is 5.65. The number of carbonyl (C=O) groups is 1. The summed E-state index contributed by atoms with van der Waals surface area (Å²) in [5.74, 6) is 1.30. The largest absolute Gasteiger partial charge is 0.352 e. The van der Waals surface area contributed by atoms with Crippen LogP contribution in [0.5, 0.6) is 0 Å². The predicted molar refractivity (Wildman–Crippen MR) is 110 cm³/mol. The topological polar surface area (TPSA) is 92.2 Å². The van der Waals surface area contributed by atoms with Crippen molar-refractivity contribution in [3.63, 3.8) is 0 Å². The Morgan fingerprint density at radius 3 is 2.69 bits per heavy atom. The van der Waals surface area contributed by atoms with Crippen molar-refractivity contribution >= 4 is 24.5 Å². The zero-order valence-corrected chi connectivity index (χ0v) is 16.8. The Labute approximate surface area is 157 Å². The maximum atomic E-state index is 10.4. The molecule has 0 saturated heterocycles. The van der Waals surface area contributed by atoms with Crippen molar-refractivity contribution in [1.29, 1.82) is 0 Å². The Hall–Kier alpha value is -2.31. The van der Waals surface area contributed by atoms with E-state index in [9.17, 15) is 4.79 Å². The van der Waals surface area contributed by atoms with Gasteiger partial charge >= 0.3 is 0 Å². The number of hydrogen-bond acceptors (Lipinski definition) is 6. The van der Waals surface area contributed by atoms with E-state index in [1.807, 2.05) is 40.1 Å². The van der Waals surface area contributed by atoms with E-state index in [1.165, 1.54) is 19.2 Å². The molecule has 1 aromatic heterocycles. The first-order chi connectivity index (χ1) is 12.8. The molecule has 1 aromatic rings. The number of allylic oxidation sites excluding steroid dienone is 1. The second kappa shape index (κ2) is 16.2. The first-order valence-electron chi connectivity index (χ1n) is 9.62. The Morgan fingerprint density at radius 2 is 1.96 bits per heavy atom. The van der Waals surface area contributed by atoms with E-state index in [-0.39, 0.29) is 12.0 Å². The van der Waals surface area contributed by atoms with Gasteiger partial charge in [0, 0.05) is 18.5 Å². The van der Waals surface area contributed by atoms with Crippen LogP contribution in [0.25, 0.3) is 0 Å². The second-order valence-electron chi connectivity index (χ2n) is 5.38. The number of anilines is 2. The standard InChI is InChI=1S/C15H22N6O.2C2H6/c1-12(5-6-13-4-2-3-8-16-9-7-13)20-15-18-10-17-14(21-15)19-11-22;2*1-2/h7-13H,2-6H2,1H3,(H2,17,18,19,20,21,22);2*1-2H3. The van der Waals surface area contributed by atoms with Gasteiger partial charge < -0.3 is 5.32 Å². The van der Waals surface area contributed by atoms with Crippen molar-refractivity contribution in [1.82, 2.24) is 15.0 Å². The molecule has 0 spiro atoms. The van der Waals surface area contributed by atoms with Gasteiger partial charge in [-0.25, -0.2) is 9.97 Å². The van der Waals surface area contributed by atoms with E-state index >= 15 is 0 Å². The molecule has 7 heteroatoms. The molecule has 1 amide bonds. The number of amides is 1. The van der Waals surface area contributed by atoms with Gasteiger partial charge in [-0.3, -0.25) is 15.1 Å². The van der Waals surface area contributed by atoms with Gasteiger partial charge in [0.1, 0.15) is 6.33 Å². The van der Waals surface area contributed by atoms with Crippen molar-refractivity contribution in [3.8, 4) is 0 Å². The first kappa shape index (κ1) is 23.7. The maximum Gasteiger partial charge on any atom is 0.233 e. The van der Waals surface area contributed by atoms with Crippen LogP contribution < -0.4 is 10.6 Å². The molecule has 1 aliphatic rings. The molecule has 0 fully saturated rings. The van der Waals surface area contributed by atoms with Gasteiger partial charge in [-0.05, 0) is 44.9 Å². The first-order valence-corrected chi connectivity index (χ1v) is 9.62. The number of nitrogens with one attached hydrogen (secondary N) is 2. The molecule has 0 aliphatic carbocycles. The summed E-state index contributed by atoms with van der Waals surface area (Å²) in [4.78, 5) is 26.6. The summed E-state index contributed by atoms with van der Waals surface area (Å²) in [7, 11) is 0. The van der Waals surface area contributed by atoms with Crippen LogP contribution in [0.15, 0.2) is 23.6 Å². The zero-order chi connectivity index (χ0) is 19.6. The van der Waals surface area contributed by atoms with Gasteiger partial charge in [0.05, 0.1) is 0 Å². The summed E-state index contributed by atoms with van der Waals surface area (Å²) in [6.07, 6.45) is 13.6. The van der Waals surface area contributed by atoms with Crippen LogP contribution in [0.3, 0.4) is 0 Å². The average Bonchev–Trinajstić information content (AvgIpc) is 2.65. The molecule has 146 valence electrons. The van der Waals surface area contributed by atoms with E-state index in [4.69, 9.17) is 0 Å². The molecular weight excluding hydrogens is 328 g/mol. The van der Waals surface area contributed by atoms with Crippen LogP contribution in [-0.2, 0) is 4.79 Å². The van der Waals surface area contributed by atoms with E-state index in [1.54, 1.807) is 0 Å². The fourth-order valence-electron chi connectivity index (χ4n) is 2.36. The Kier molecular flexibility index (Phi) is 14.7. The zero-order valence-electron chi connectivity index (χ0n) is 16.8. The quantitative estimate of drug-likeness (QED) is 0.699. The number of rotatable bonds is 7. The van der Waals surface area contributed by atoms with Crippen molar-refractivity contribution < 1.29 is 4.79 Å². The second-order valence-corrected chi connectivity index (χ2v) is 5.38. The molecule has 0 radical (unpaired) electrons. The molecule has 0 aromatic carbocycles. The lowest BCUT2D eigenvalue weighted by molar-refractivity contribution is -0.105. The minimum absolute atomic E-state index is 0.244. The van der Waals surface area contributed by atoms with Crippen LogP contribution in [0.1, 0.15) is 66.7 Å². The lowest BCUT2D eigenvalue weighted by Crippen LogP contribution is -2.19. The maximum absolute atomic E-state index is 10.4. The minimum atomic E-state index is 0.244. The fourth-order valence-corrected chi connectivity index (χ4v) is 2.36. The normalized spacial score (nSPS) is 16.6. The number of carbonyl (C=O) groups excluding carboxylic acids is 1. The third kappa shape index (κ3) is 10.5. The number of nitrogens with zero attached hydrogens (tertiary/aromatic N) is 4. The molecule has 0 bridgehead atoms. The molecule has 2 heterocycles. The smallest absolute Gasteiger partial charge is 0.233 e. The monoisotopic (exact) mass is 362 g/mol. The fraction of sp³-hybridized carbons (Fsp3) is 0.632. The van der Waals surface area contributed by atoms with Gasteiger partial charge in [0.15, 0.2) is 0 Å². The number of aliphatic imine (C=N–C) groups is 1. The number of aromatic nitrogens is 3. The van der Waals surface area contributed by atoms with Gasteiger partial charge in [-0.1, -0.05) is 33.8 Å². The van der Waals surface area contributed by atoms with Crippen molar-refractivity contribution in [3.05, 3.63) is 18.6 Å². The lowest BCUT2D eigenvalue weighted by Gasteiger charge is -2.18. The molecule has 26 heavy (non-hydrogen) atoms. The van der Waals surface area contributed by atoms with Crippen LogP contribution in [0.4, 0.5) is 11.9 Å². The Morgan fingerprint density at radius 1 is 1.23 bits per heavy atom. The Balaban J connectivity index is 0.00000146.